The summed E-state index contributed by atoms with van der Waals surface area (Å²) in [5.74, 6) is -0.243. The lowest BCUT2D eigenvalue weighted by atomic mass is 9.72. The first-order chi connectivity index (χ1) is 16.0. The van der Waals surface area contributed by atoms with Crippen molar-refractivity contribution in [3.8, 4) is 0 Å². The topological polar surface area (TPSA) is 68.1 Å². The number of hydrogen-bond acceptors (Lipinski definition) is 5. The van der Waals surface area contributed by atoms with Crippen LogP contribution >= 0.6 is 0 Å². The molecule has 34 heavy (non-hydrogen) atoms. The Morgan fingerprint density at radius 3 is 2.35 bits per heavy atom. The van der Waals surface area contributed by atoms with E-state index in [1.165, 1.54) is 5.56 Å². The van der Waals surface area contributed by atoms with Crippen LogP contribution in [-0.2, 0) is 26.3 Å². The van der Waals surface area contributed by atoms with E-state index in [2.05, 4.69) is 51.7 Å². The number of rotatable bonds is 13. The monoisotopic (exact) mass is 467 g/mol. The van der Waals surface area contributed by atoms with E-state index in [4.69, 9.17) is 9.47 Å². The van der Waals surface area contributed by atoms with Gasteiger partial charge in [-0.1, -0.05) is 77.1 Å². The Labute approximate surface area is 205 Å². The van der Waals surface area contributed by atoms with Crippen molar-refractivity contribution in [1.29, 1.82) is 0 Å². The molecule has 0 radical (unpaired) electrons. The third kappa shape index (κ3) is 11.1. The van der Waals surface area contributed by atoms with Gasteiger partial charge in [0.25, 0.3) is 0 Å². The normalized spacial score (nSPS) is 13.2. The van der Waals surface area contributed by atoms with Crippen LogP contribution in [0.25, 0.3) is 0 Å². The summed E-state index contributed by atoms with van der Waals surface area (Å²) in [4.78, 5) is 16.2. The highest BCUT2D eigenvalue weighted by Crippen LogP contribution is 2.36. The number of esters is 1. The average Bonchev–Trinajstić information content (AvgIpc) is 2.77. The molecule has 0 amide bonds. The van der Waals surface area contributed by atoms with Gasteiger partial charge in [0, 0.05) is 25.7 Å². The maximum atomic E-state index is 11.8. The molecule has 0 saturated heterocycles. The summed E-state index contributed by atoms with van der Waals surface area (Å²) in [5.41, 5.74) is 3.52. The highest BCUT2D eigenvalue weighted by atomic mass is 16.5. The fourth-order valence-corrected chi connectivity index (χ4v) is 4.12. The van der Waals surface area contributed by atoms with Gasteiger partial charge in [0.1, 0.15) is 6.61 Å². The number of aliphatic hydroxyl groups excluding tert-OH is 1. The largest absolute Gasteiger partial charge is 0.461 e. The molecule has 5 heteroatoms. The molecule has 2 aromatic carbocycles. The van der Waals surface area contributed by atoms with Crippen LogP contribution in [0.4, 0.5) is 5.69 Å². The van der Waals surface area contributed by atoms with Crippen LogP contribution in [-0.4, -0.2) is 36.6 Å². The molecule has 186 valence electrons. The predicted molar refractivity (Wildman–Crippen MR) is 139 cm³/mol. The van der Waals surface area contributed by atoms with E-state index in [1.807, 2.05) is 42.5 Å². The standard InChI is InChI=1S/C29H41NO4/c1-28(2,3)22-29(4,5)24-13-15-25(16-14-24)30-18-17-26(31)21-33-19-9-12-27(32)34-20-23-10-7-6-8-11-23/h6-8,10-11,13-16,18,26,31H,9,12,17,19-22H2,1-5H3. The molecule has 1 atom stereocenters. The minimum Gasteiger partial charge on any atom is -0.461 e. The van der Waals surface area contributed by atoms with Gasteiger partial charge in [0.15, 0.2) is 0 Å². The molecule has 0 aromatic heterocycles. The Morgan fingerprint density at radius 1 is 1.03 bits per heavy atom. The van der Waals surface area contributed by atoms with Crippen molar-refractivity contribution >= 4 is 17.9 Å². The molecule has 0 heterocycles. The molecule has 2 aromatic rings. The van der Waals surface area contributed by atoms with Gasteiger partial charge in [-0.15, -0.1) is 0 Å². The third-order valence-corrected chi connectivity index (χ3v) is 5.46. The van der Waals surface area contributed by atoms with Crippen LogP contribution < -0.4 is 0 Å². The molecule has 0 bridgehead atoms. The number of carbonyl (C=O) groups is 1. The van der Waals surface area contributed by atoms with Crippen LogP contribution in [0.15, 0.2) is 59.6 Å². The number of ether oxygens (including phenoxy) is 2. The Bertz CT molecular complexity index is 883. The van der Waals surface area contributed by atoms with Gasteiger partial charge in [0.05, 0.1) is 18.4 Å². The molecule has 0 aliphatic rings. The number of hydrogen-bond donors (Lipinski definition) is 1. The fourth-order valence-electron chi connectivity index (χ4n) is 4.12. The van der Waals surface area contributed by atoms with E-state index in [9.17, 15) is 9.90 Å². The number of carbonyl (C=O) groups excluding carboxylic acids is 1. The first-order valence-corrected chi connectivity index (χ1v) is 12.1. The predicted octanol–water partition coefficient (Wildman–Crippen LogP) is 6.39. The van der Waals surface area contributed by atoms with E-state index in [0.717, 1.165) is 17.7 Å². The number of nitrogens with zero attached hydrogens (tertiary/aromatic N) is 1. The van der Waals surface area contributed by atoms with Crippen molar-refractivity contribution in [2.75, 3.05) is 13.2 Å². The summed E-state index contributed by atoms with van der Waals surface area (Å²) >= 11 is 0. The first-order valence-electron chi connectivity index (χ1n) is 12.1. The second-order valence-corrected chi connectivity index (χ2v) is 10.7. The van der Waals surface area contributed by atoms with Crippen molar-refractivity contribution in [3.05, 3.63) is 65.7 Å². The summed E-state index contributed by atoms with van der Waals surface area (Å²) in [6.45, 7) is 12.3. The van der Waals surface area contributed by atoms with Gasteiger partial charge >= 0.3 is 5.97 Å². The van der Waals surface area contributed by atoms with Crippen LogP contribution in [0, 0.1) is 5.41 Å². The summed E-state index contributed by atoms with van der Waals surface area (Å²) in [6.07, 6.45) is 3.47. The van der Waals surface area contributed by atoms with Gasteiger partial charge in [0.2, 0.25) is 0 Å². The molecule has 0 spiro atoms. The SMILES string of the molecule is CC(C)(C)CC(C)(C)c1ccc(N=CCC(O)COCCCC(=O)OCc2ccccc2)cc1. The number of aliphatic hydroxyl groups is 1. The molecule has 0 fully saturated rings. The van der Waals surface area contributed by atoms with E-state index < -0.39 is 6.10 Å². The molecule has 1 N–H and O–H groups in total. The maximum Gasteiger partial charge on any atom is 0.306 e. The smallest absolute Gasteiger partial charge is 0.306 e. The van der Waals surface area contributed by atoms with Crippen molar-refractivity contribution < 1.29 is 19.4 Å². The van der Waals surface area contributed by atoms with Gasteiger partial charge in [-0.3, -0.25) is 9.79 Å². The fraction of sp³-hybridized carbons (Fsp3) is 0.517. The number of aliphatic imine (C=N–C) groups is 1. The Kier molecular flexibility index (Phi) is 10.9. The van der Waals surface area contributed by atoms with Crippen LogP contribution in [0.2, 0.25) is 0 Å². The molecule has 2 rings (SSSR count). The van der Waals surface area contributed by atoms with Crippen molar-refractivity contribution in [3.63, 3.8) is 0 Å². The molecular formula is C29H41NO4. The van der Waals surface area contributed by atoms with Gasteiger partial charge < -0.3 is 14.6 Å². The van der Waals surface area contributed by atoms with Gasteiger partial charge in [-0.2, -0.15) is 0 Å². The van der Waals surface area contributed by atoms with E-state index in [0.29, 0.717) is 25.9 Å². The molecule has 1 unspecified atom stereocenters. The second kappa shape index (κ2) is 13.4. The lowest BCUT2D eigenvalue weighted by Gasteiger charge is -2.33. The minimum atomic E-state index is -0.626. The number of benzene rings is 2. The quantitative estimate of drug-likeness (QED) is 0.210. The van der Waals surface area contributed by atoms with Crippen molar-refractivity contribution in [2.45, 2.75) is 78.4 Å². The highest BCUT2D eigenvalue weighted by Gasteiger charge is 2.27. The average molecular weight is 468 g/mol. The van der Waals surface area contributed by atoms with Crippen molar-refractivity contribution in [2.24, 2.45) is 10.4 Å². The Hall–Kier alpha value is -2.50. The van der Waals surface area contributed by atoms with Crippen LogP contribution in [0.3, 0.4) is 0 Å². The Morgan fingerprint density at radius 2 is 1.71 bits per heavy atom. The second-order valence-electron chi connectivity index (χ2n) is 10.7. The molecule has 0 saturated carbocycles. The summed E-state index contributed by atoms with van der Waals surface area (Å²) < 4.78 is 10.7. The van der Waals surface area contributed by atoms with Crippen LogP contribution in [0.5, 0.6) is 0 Å². The zero-order valence-corrected chi connectivity index (χ0v) is 21.4. The summed E-state index contributed by atoms with van der Waals surface area (Å²) in [6, 6.07) is 17.9. The first kappa shape index (κ1) is 27.7. The zero-order valence-electron chi connectivity index (χ0n) is 21.4. The molecular weight excluding hydrogens is 426 g/mol. The maximum absolute atomic E-state index is 11.8. The molecule has 0 aliphatic carbocycles. The summed E-state index contributed by atoms with van der Waals surface area (Å²) in [7, 11) is 0. The van der Waals surface area contributed by atoms with Gasteiger partial charge in [-0.05, 0) is 46.9 Å². The van der Waals surface area contributed by atoms with Gasteiger partial charge in [-0.25, -0.2) is 0 Å². The van der Waals surface area contributed by atoms with Crippen LogP contribution in [0.1, 0.15) is 71.4 Å². The zero-order chi connectivity index (χ0) is 25.0. The van der Waals surface area contributed by atoms with E-state index in [-0.39, 0.29) is 30.0 Å². The lowest BCUT2D eigenvalue weighted by Crippen LogP contribution is -2.24. The summed E-state index contributed by atoms with van der Waals surface area (Å²) in [5, 5.41) is 10.1. The van der Waals surface area contributed by atoms with Crippen molar-refractivity contribution in [1.82, 2.24) is 0 Å². The highest BCUT2D eigenvalue weighted by molar-refractivity contribution is 5.69. The van der Waals surface area contributed by atoms with E-state index in [1.54, 1.807) is 6.21 Å². The lowest BCUT2D eigenvalue weighted by molar-refractivity contribution is -0.145. The molecule has 5 nitrogen and oxygen atoms in total. The Balaban J connectivity index is 1.61. The van der Waals surface area contributed by atoms with E-state index >= 15 is 0 Å². The third-order valence-electron chi connectivity index (χ3n) is 5.46. The minimum absolute atomic E-state index is 0.104. The molecule has 0 aliphatic heterocycles.